The van der Waals surface area contributed by atoms with Gasteiger partial charge in [0.25, 0.3) is 11.8 Å². The highest BCUT2D eigenvalue weighted by molar-refractivity contribution is 7.91. The molecule has 2 heterocycles. The first-order valence-electron chi connectivity index (χ1n) is 16.7. The van der Waals surface area contributed by atoms with Crippen molar-refractivity contribution < 1.29 is 41.8 Å². The van der Waals surface area contributed by atoms with Gasteiger partial charge in [-0.25, -0.2) is 18.2 Å². The number of amides is 4. The number of imide groups is 1. The lowest BCUT2D eigenvalue weighted by Crippen LogP contribution is -2.61. The number of carbonyl (C=O) groups excluding carboxylic acids is 4. The van der Waals surface area contributed by atoms with Gasteiger partial charge in [0.05, 0.1) is 25.1 Å². The molecule has 1 aromatic carbocycles. The van der Waals surface area contributed by atoms with E-state index in [1.165, 1.54) is 19.4 Å². The van der Waals surface area contributed by atoms with E-state index in [9.17, 15) is 27.6 Å². The maximum Gasteiger partial charge on any atom is 0.408 e. The lowest BCUT2D eigenvalue weighted by atomic mass is 9.85. The minimum absolute atomic E-state index is 0.114. The van der Waals surface area contributed by atoms with E-state index in [1.807, 2.05) is 0 Å². The van der Waals surface area contributed by atoms with Gasteiger partial charge < -0.3 is 30.2 Å². The quantitative estimate of drug-likeness (QED) is 0.265. The van der Waals surface area contributed by atoms with Crippen molar-refractivity contribution in [2.24, 2.45) is 17.1 Å². The molecule has 1 aromatic heterocycles. The SMILES string of the molecule is C=C[C@@H]1C[C@]1(N)C(=O)N(C(=O)[C@@H]1CC(Oc2ncc(OC)c3ccc(Cl)cc23)CN1C(=O)[C@@H](NC(=O)OC(C)(C)C)C(C)(C)C)S(=O)(=O)C1CC1. The van der Waals surface area contributed by atoms with Gasteiger partial charge in [0.2, 0.25) is 21.8 Å². The molecule has 2 aromatic rings. The summed E-state index contributed by atoms with van der Waals surface area (Å²) in [4.78, 5) is 61.6. The van der Waals surface area contributed by atoms with Gasteiger partial charge in [0.15, 0.2) is 0 Å². The monoisotopic (exact) mass is 747 g/mol. The number of nitrogens with zero attached hydrogens (tertiary/aromatic N) is 3. The van der Waals surface area contributed by atoms with Gasteiger partial charge >= 0.3 is 6.09 Å². The minimum Gasteiger partial charge on any atom is -0.494 e. The number of hydrogen-bond acceptors (Lipinski definition) is 11. The number of aromatic nitrogens is 1. The van der Waals surface area contributed by atoms with Crippen LogP contribution in [0.5, 0.6) is 11.6 Å². The summed E-state index contributed by atoms with van der Waals surface area (Å²) in [6.07, 6.45) is 1.58. The van der Waals surface area contributed by atoms with Gasteiger partial charge in [0, 0.05) is 28.1 Å². The summed E-state index contributed by atoms with van der Waals surface area (Å²) in [6, 6.07) is 2.32. The summed E-state index contributed by atoms with van der Waals surface area (Å²) >= 11 is 6.31. The summed E-state index contributed by atoms with van der Waals surface area (Å²) < 4.78 is 45.1. The molecule has 0 radical (unpaired) electrons. The molecule has 0 bridgehead atoms. The van der Waals surface area contributed by atoms with Gasteiger partial charge in [0.1, 0.15) is 35.1 Å². The number of likely N-dealkylation sites (tertiary alicyclic amines) is 1. The number of fused-ring (bicyclic) bond motifs is 1. The molecule has 1 aliphatic heterocycles. The van der Waals surface area contributed by atoms with E-state index in [0.717, 1.165) is 4.90 Å². The van der Waals surface area contributed by atoms with Gasteiger partial charge in [-0.1, -0.05) is 38.4 Å². The van der Waals surface area contributed by atoms with E-state index in [1.54, 1.807) is 59.7 Å². The normalized spacial score (nSPS) is 24.0. The number of hydrogen-bond donors (Lipinski definition) is 2. The second-order valence-corrected chi connectivity index (χ2v) is 18.0. The van der Waals surface area contributed by atoms with E-state index in [4.69, 9.17) is 31.5 Å². The summed E-state index contributed by atoms with van der Waals surface area (Å²) in [5.41, 5.74) is 2.92. The maximum atomic E-state index is 14.6. The zero-order valence-electron chi connectivity index (χ0n) is 29.9. The summed E-state index contributed by atoms with van der Waals surface area (Å²) in [7, 11) is -2.99. The highest BCUT2D eigenvalue weighted by atomic mass is 35.5. The zero-order chi connectivity index (χ0) is 37.8. The Hall–Kier alpha value is -3.95. The second kappa shape index (κ2) is 13.6. The zero-order valence-corrected chi connectivity index (χ0v) is 31.5. The number of pyridine rings is 1. The molecule has 278 valence electrons. The fourth-order valence-corrected chi connectivity index (χ4v) is 8.18. The van der Waals surface area contributed by atoms with Crippen LogP contribution >= 0.6 is 11.6 Å². The Bertz CT molecular complexity index is 1870. The van der Waals surface area contributed by atoms with Gasteiger partial charge in [-0.15, -0.1) is 6.58 Å². The summed E-state index contributed by atoms with van der Waals surface area (Å²) in [5.74, 6) is -2.85. The standard InChI is InChI=1S/C35H46ClN5O9S/c1-9-19-16-35(19,37)31(44)41(51(46,47)22-11-12-22)29(42)25-15-21(49-28-24-14-20(36)10-13-23(24)26(48-8)17-38-28)18-40(25)30(43)27(33(2,3)4)39-32(45)50-34(5,6)7/h9-10,13-14,17,19,21-22,25,27H,1,11-12,15-16,18,37H2,2-8H3,(H,39,45)/t19-,21?,25+,27-,35-/m1/s1. The maximum absolute atomic E-state index is 14.6. The van der Waals surface area contributed by atoms with Crippen LogP contribution in [0.2, 0.25) is 5.02 Å². The Morgan fingerprint density at radius 3 is 2.37 bits per heavy atom. The first-order valence-corrected chi connectivity index (χ1v) is 18.6. The van der Waals surface area contributed by atoms with Crippen molar-refractivity contribution in [2.75, 3.05) is 13.7 Å². The first kappa shape index (κ1) is 38.3. The molecule has 51 heavy (non-hydrogen) atoms. The van der Waals surface area contributed by atoms with Crippen molar-refractivity contribution in [3.05, 3.63) is 42.1 Å². The van der Waals surface area contributed by atoms with Crippen LogP contribution in [0.15, 0.2) is 37.1 Å². The number of sulfonamides is 1. The highest BCUT2D eigenvalue weighted by Crippen LogP contribution is 2.45. The topological polar surface area (TPSA) is 188 Å². The van der Waals surface area contributed by atoms with Crippen molar-refractivity contribution in [2.45, 2.75) is 102 Å². The fourth-order valence-electron chi connectivity index (χ4n) is 6.20. The molecule has 2 saturated carbocycles. The van der Waals surface area contributed by atoms with Crippen molar-refractivity contribution in [1.29, 1.82) is 0 Å². The molecular formula is C35H46ClN5O9S. The fraction of sp³-hybridized carbons (Fsp3) is 0.571. The molecular weight excluding hydrogens is 702 g/mol. The number of ether oxygens (including phenoxy) is 3. The number of nitrogens with one attached hydrogen (secondary N) is 1. The third-order valence-electron chi connectivity index (χ3n) is 9.21. The predicted octanol–water partition coefficient (Wildman–Crippen LogP) is 3.94. The number of benzene rings is 1. The summed E-state index contributed by atoms with van der Waals surface area (Å²) in [6.45, 7) is 13.7. The van der Waals surface area contributed by atoms with Crippen LogP contribution in [0, 0.1) is 11.3 Å². The Labute approximate surface area is 303 Å². The third-order valence-corrected chi connectivity index (χ3v) is 11.6. The average Bonchev–Trinajstić information content (AvgIpc) is 3.95. The highest BCUT2D eigenvalue weighted by Gasteiger charge is 2.62. The molecule has 0 spiro atoms. The second-order valence-electron chi connectivity index (χ2n) is 15.5. The average molecular weight is 748 g/mol. The van der Waals surface area contributed by atoms with Gasteiger partial charge in [-0.2, -0.15) is 4.31 Å². The minimum atomic E-state index is -4.48. The van der Waals surface area contributed by atoms with Crippen LogP contribution in [0.25, 0.3) is 10.8 Å². The molecule has 1 unspecified atom stereocenters. The van der Waals surface area contributed by atoms with E-state index < -0.39 is 79.7 Å². The number of halogens is 1. The van der Waals surface area contributed by atoms with Gasteiger partial charge in [-0.05, 0) is 63.6 Å². The van der Waals surface area contributed by atoms with Crippen LogP contribution < -0.4 is 20.5 Å². The number of rotatable bonds is 10. The molecule has 5 rings (SSSR count). The van der Waals surface area contributed by atoms with Gasteiger partial charge in [-0.3, -0.25) is 14.4 Å². The van der Waals surface area contributed by atoms with Crippen molar-refractivity contribution in [1.82, 2.24) is 19.5 Å². The Balaban J connectivity index is 1.56. The lowest BCUT2D eigenvalue weighted by Gasteiger charge is -2.36. The smallest absolute Gasteiger partial charge is 0.408 e. The number of nitrogens with two attached hydrogens (primary N) is 1. The molecule has 4 amide bonds. The molecule has 2 aliphatic carbocycles. The van der Waals surface area contributed by atoms with Crippen LogP contribution in [-0.4, -0.2) is 94.7 Å². The van der Waals surface area contributed by atoms with Crippen molar-refractivity contribution in [3.63, 3.8) is 0 Å². The van der Waals surface area contributed by atoms with Crippen LogP contribution in [0.1, 0.15) is 67.2 Å². The van der Waals surface area contributed by atoms with Crippen LogP contribution in [-0.2, 0) is 29.1 Å². The van der Waals surface area contributed by atoms with Crippen LogP contribution in [0.3, 0.4) is 0 Å². The van der Waals surface area contributed by atoms with E-state index in [0.29, 0.717) is 21.5 Å². The number of alkyl carbamates (subject to hydrolysis) is 1. The molecule has 14 nitrogen and oxygen atoms in total. The Morgan fingerprint density at radius 1 is 1.16 bits per heavy atom. The Kier molecular flexibility index (Phi) is 10.2. The third kappa shape index (κ3) is 7.80. The molecule has 16 heteroatoms. The lowest BCUT2D eigenvalue weighted by molar-refractivity contribution is -0.148. The largest absolute Gasteiger partial charge is 0.494 e. The van der Waals surface area contributed by atoms with E-state index >= 15 is 0 Å². The molecule has 5 atom stereocenters. The van der Waals surface area contributed by atoms with Crippen LogP contribution in [0.4, 0.5) is 4.79 Å². The Morgan fingerprint density at radius 2 is 1.82 bits per heavy atom. The predicted molar refractivity (Wildman–Crippen MR) is 189 cm³/mol. The van der Waals surface area contributed by atoms with E-state index in [-0.39, 0.29) is 42.4 Å². The first-order chi connectivity index (χ1) is 23.6. The van der Waals surface area contributed by atoms with E-state index in [2.05, 4.69) is 16.9 Å². The summed E-state index contributed by atoms with van der Waals surface area (Å²) in [5, 5.41) is 3.23. The number of methoxy groups -OCH3 is 1. The van der Waals surface area contributed by atoms with Crippen molar-refractivity contribution in [3.8, 4) is 11.6 Å². The molecule has 3 fully saturated rings. The van der Waals surface area contributed by atoms with Crippen molar-refractivity contribution >= 4 is 56.2 Å². The molecule has 3 aliphatic rings. The molecule has 3 N–H and O–H groups in total. The molecule has 1 saturated heterocycles. The number of carbonyl (C=O) groups is 4.